The van der Waals surface area contributed by atoms with Gasteiger partial charge < -0.3 is 11.1 Å². The highest BCUT2D eigenvalue weighted by Gasteiger charge is 2.19. The van der Waals surface area contributed by atoms with Crippen molar-refractivity contribution in [1.82, 2.24) is 5.32 Å². The molecule has 0 aliphatic carbocycles. The maximum atomic E-state index is 6.41. The van der Waals surface area contributed by atoms with E-state index in [2.05, 4.69) is 134 Å². The Kier molecular flexibility index (Phi) is 7.33. The quantitative estimate of drug-likeness (QED) is 0.155. The van der Waals surface area contributed by atoms with Gasteiger partial charge in [-0.05, 0) is 96.8 Å². The first-order valence-corrected chi connectivity index (χ1v) is 15.5. The zero-order valence-corrected chi connectivity index (χ0v) is 25.3. The van der Waals surface area contributed by atoms with E-state index in [1.54, 1.807) is 0 Å². The van der Waals surface area contributed by atoms with E-state index >= 15 is 0 Å². The summed E-state index contributed by atoms with van der Waals surface area (Å²) < 4.78 is 0. The van der Waals surface area contributed by atoms with Crippen molar-refractivity contribution in [2.24, 2.45) is 5.73 Å². The number of benzene rings is 6. The first-order chi connectivity index (χ1) is 21.7. The van der Waals surface area contributed by atoms with Gasteiger partial charge in [0.1, 0.15) is 0 Å². The van der Waals surface area contributed by atoms with Gasteiger partial charge in [0.25, 0.3) is 0 Å². The fourth-order valence-corrected chi connectivity index (χ4v) is 6.62. The molecule has 44 heavy (non-hydrogen) atoms. The molecule has 3 N–H and O–H groups in total. The average Bonchev–Trinajstić information content (AvgIpc) is 3.09. The van der Waals surface area contributed by atoms with Crippen LogP contribution in [0.1, 0.15) is 25.0 Å². The second-order valence-corrected chi connectivity index (χ2v) is 11.3. The molecule has 6 aromatic carbocycles. The minimum atomic E-state index is 0.733. The van der Waals surface area contributed by atoms with Crippen LogP contribution in [0.3, 0.4) is 0 Å². The number of hydrogen-bond donors (Lipinski definition) is 2. The van der Waals surface area contributed by atoms with Crippen molar-refractivity contribution in [2.45, 2.75) is 20.3 Å². The molecule has 1 aliphatic heterocycles. The first kappa shape index (κ1) is 27.5. The highest BCUT2D eigenvalue weighted by Crippen LogP contribution is 2.45. The van der Waals surface area contributed by atoms with Gasteiger partial charge in [0.2, 0.25) is 0 Å². The molecule has 0 radical (unpaired) electrons. The van der Waals surface area contributed by atoms with Crippen LogP contribution in [-0.2, 0) is 6.42 Å². The number of hydrogen-bond acceptors (Lipinski definition) is 2. The number of allylic oxidation sites excluding steroid dienone is 5. The van der Waals surface area contributed by atoms with E-state index in [1.165, 1.54) is 71.3 Å². The van der Waals surface area contributed by atoms with Gasteiger partial charge in [-0.15, -0.1) is 0 Å². The van der Waals surface area contributed by atoms with E-state index in [9.17, 15) is 0 Å². The molecule has 7 rings (SSSR count). The Bertz CT molecular complexity index is 2100. The van der Waals surface area contributed by atoms with Crippen molar-refractivity contribution in [3.8, 4) is 22.3 Å². The Labute approximate surface area is 259 Å². The number of nitrogens with one attached hydrogen (secondary N) is 1. The lowest BCUT2D eigenvalue weighted by molar-refractivity contribution is 0.898. The van der Waals surface area contributed by atoms with Crippen LogP contribution in [0.25, 0.3) is 60.1 Å². The van der Waals surface area contributed by atoms with Crippen molar-refractivity contribution in [3.63, 3.8) is 0 Å². The molecular weight excluding hydrogens is 532 g/mol. The SMILES string of the molecule is C/C=C\C=C(/N)C1=CC(c2cccc3c(-c4c5ccccc5c(-c5ccc(CC)cc5)c5ccccc45)cccc23)=CCN1. The van der Waals surface area contributed by atoms with Gasteiger partial charge in [0.05, 0.1) is 11.4 Å². The van der Waals surface area contributed by atoms with Crippen molar-refractivity contribution in [1.29, 1.82) is 0 Å². The van der Waals surface area contributed by atoms with Crippen LogP contribution < -0.4 is 11.1 Å². The predicted molar refractivity (Wildman–Crippen MR) is 190 cm³/mol. The van der Waals surface area contributed by atoms with E-state index in [0.29, 0.717) is 0 Å². The van der Waals surface area contributed by atoms with Gasteiger partial charge in [-0.1, -0.05) is 134 Å². The lowest BCUT2D eigenvalue weighted by atomic mass is 9.84. The lowest BCUT2D eigenvalue weighted by Crippen LogP contribution is -2.21. The summed E-state index contributed by atoms with van der Waals surface area (Å²) in [5.41, 5.74) is 16.9. The molecule has 2 heteroatoms. The van der Waals surface area contributed by atoms with Crippen LogP contribution in [0, 0.1) is 0 Å². The molecule has 0 aromatic heterocycles. The van der Waals surface area contributed by atoms with Crippen molar-refractivity contribution >= 4 is 37.9 Å². The molecule has 1 aliphatic rings. The molecule has 6 aromatic rings. The van der Waals surface area contributed by atoms with Crippen molar-refractivity contribution < 1.29 is 0 Å². The van der Waals surface area contributed by atoms with Crippen LogP contribution in [-0.4, -0.2) is 6.54 Å². The highest BCUT2D eigenvalue weighted by atomic mass is 14.9. The summed E-state index contributed by atoms with van der Waals surface area (Å²) >= 11 is 0. The highest BCUT2D eigenvalue weighted by molar-refractivity contribution is 6.23. The molecular formula is C42H36N2. The number of rotatable bonds is 6. The maximum absolute atomic E-state index is 6.41. The van der Waals surface area contributed by atoms with Crippen molar-refractivity contribution in [2.75, 3.05) is 6.54 Å². The average molecular weight is 569 g/mol. The molecule has 1 heterocycles. The Morgan fingerprint density at radius 2 is 1.25 bits per heavy atom. The zero-order valence-electron chi connectivity index (χ0n) is 25.3. The van der Waals surface area contributed by atoms with Crippen LogP contribution in [0.4, 0.5) is 0 Å². The summed E-state index contributed by atoms with van der Waals surface area (Å²) in [6.45, 7) is 4.94. The van der Waals surface area contributed by atoms with E-state index in [4.69, 9.17) is 5.73 Å². The van der Waals surface area contributed by atoms with Crippen molar-refractivity contribution in [3.05, 3.63) is 162 Å². The van der Waals surface area contributed by atoms with Gasteiger partial charge in [-0.2, -0.15) is 0 Å². The summed E-state index contributed by atoms with van der Waals surface area (Å²) in [6.07, 6.45) is 11.4. The molecule has 0 unspecified atom stereocenters. The molecule has 0 fully saturated rings. The fourth-order valence-electron chi connectivity index (χ4n) is 6.62. The van der Waals surface area contributed by atoms with Gasteiger partial charge in [-0.25, -0.2) is 0 Å². The van der Waals surface area contributed by atoms with Crippen LogP contribution in [0.15, 0.2) is 151 Å². The Balaban J connectivity index is 1.47. The van der Waals surface area contributed by atoms with E-state index < -0.39 is 0 Å². The zero-order chi connectivity index (χ0) is 30.0. The third-order valence-corrected chi connectivity index (χ3v) is 8.78. The maximum Gasteiger partial charge on any atom is 0.0582 e. The second-order valence-electron chi connectivity index (χ2n) is 11.3. The second kappa shape index (κ2) is 11.7. The third kappa shape index (κ3) is 4.79. The van der Waals surface area contributed by atoms with Gasteiger partial charge in [-0.3, -0.25) is 0 Å². The minimum absolute atomic E-state index is 0.733. The lowest BCUT2D eigenvalue weighted by Gasteiger charge is -2.20. The van der Waals surface area contributed by atoms with Crippen LogP contribution in [0.5, 0.6) is 0 Å². The summed E-state index contributed by atoms with van der Waals surface area (Å²) in [7, 11) is 0. The first-order valence-electron chi connectivity index (χ1n) is 15.5. The summed E-state index contributed by atoms with van der Waals surface area (Å²) in [5.74, 6) is 0. The topological polar surface area (TPSA) is 38.0 Å². The molecule has 0 saturated carbocycles. The van der Waals surface area contributed by atoms with E-state index in [0.717, 1.165) is 24.4 Å². The molecule has 0 amide bonds. The predicted octanol–water partition coefficient (Wildman–Crippen LogP) is 10.3. The fraction of sp³-hybridized carbons (Fsp3) is 0.0952. The number of aryl methyl sites for hydroxylation is 1. The number of dihydropyridines is 1. The van der Waals surface area contributed by atoms with Gasteiger partial charge in [0.15, 0.2) is 0 Å². The molecule has 0 saturated heterocycles. The van der Waals surface area contributed by atoms with Gasteiger partial charge in [0, 0.05) is 6.54 Å². The Morgan fingerprint density at radius 1 is 0.682 bits per heavy atom. The third-order valence-electron chi connectivity index (χ3n) is 8.78. The minimum Gasteiger partial charge on any atom is -0.397 e. The molecule has 0 bridgehead atoms. The summed E-state index contributed by atoms with van der Waals surface area (Å²) in [5, 5.41) is 11.0. The van der Waals surface area contributed by atoms with Crippen LogP contribution in [0.2, 0.25) is 0 Å². The molecule has 0 spiro atoms. The summed E-state index contributed by atoms with van der Waals surface area (Å²) in [6, 6.07) is 40.3. The molecule has 2 nitrogen and oxygen atoms in total. The van der Waals surface area contributed by atoms with E-state index in [1.807, 2.05) is 25.2 Å². The standard InChI is InChI=1S/C42H36N2/c1-3-5-20-39(43)40-27-30(25-26-44-40)31-16-10-18-33-32(31)17-11-19-34(33)42-37-14-8-6-12-35(37)41(36-13-7-9-15-38(36)42)29-23-21-28(4-2)22-24-29/h3,5-25,27,44H,4,26,43H2,1-2H3/b5-3-,39-20-. The number of nitrogens with two attached hydrogens (primary N) is 1. The van der Waals surface area contributed by atoms with Gasteiger partial charge >= 0.3 is 0 Å². The monoisotopic (exact) mass is 568 g/mol. The molecule has 0 atom stereocenters. The smallest absolute Gasteiger partial charge is 0.0582 e. The largest absolute Gasteiger partial charge is 0.397 e. The van der Waals surface area contributed by atoms with E-state index in [-0.39, 0.29) is 0 Å². The van der Waals surface area contributed by atoms with Crippen LogP contribution >= 0.6 is 0 Å². The summed E-state index contributed by atoms with van der Waals surface area (Å²) in [4.78, 5) is 0. The Morgan fingerprint density at radius 3 is 1.86 bits per heavy atom. The Hall–Kier alpha value is -5.34. The normalized spacial score (nSPS) is 13.8. The number of fused-ring (bicyclic) bond motifs is 3. The molecule has 214 valence electrons.